The van der Waals surface area contributed by atoms with Crippen molar-refractivity contribution in [1.82, 2.24) is 0 Å². The van der Waals surface area contributed by atoms with Gasteiger partial charge in [-0.1, -0.05) is 42.5 Å². The molecule has 0 aliphatic heterocycles. The predicted octanol–water partition coefficient (Wildman–Crippen LogP) is 3.58. The van der Waals surface area contributed by atoms with E-state index in [0.29, 0.717) is 0 Å². The highest BCUT2D eigenvalue weighted by Gasteiger charge is 2.14. The Kier molecular flexibility index (Phi) is 5.03. The van der Waals surface area contributed by atoms with Gasteiger partial charge in [0.2, 0.25) is 0 Å². The SMILES string of the molecule is O=C(O)COc1ccc(C(=O)O)c(OCc2cccc3ccccc23)c1. The van der Waals surface area contributed by atoms with Gasteiger partial charge in [-0.05, 0) is 28.5 Å². The van der Waals surface area contributed by atoms with Crippen molar-refractivity contribution in [3.05, 3.63) is 71.8 Å². The first-order valence-electron chi connectivity index (χ1n) is 7.86. The summed E-state index contributed by atoms with van der Waals surface area (Å²) in [6.45, 7) is -0.348. The molecule has 3 aromatic carbocycles. The minimum atomic E-state index is -1.14. The number of ether oxygens (including phenoxy) is 2. The van der Waals surface area contributed by atoms with Crippen LogP contribution in [-0.4, -0.2) is 28.8 Å². The van der Waals surface area contributed by atoms with Crippen LogP contribution in [0.15, 0.2) is 60.7 Å². The average molecular weight is 352 g/mol. The van der Waals surface area contributed by atoms with Crippen molar-refractivity contribution in [1.29, 1.82) is 0 Å². The van der Waals surface area contributed by atoms with Crippen LogP contribution < -0.4 is 9.47 Å². The van der Waals surface area contributed by atoms with Crippen LogP contribution >= 0.6 is 0 Å². The third kappa shape index (κ3) is 3.92. The molecule has 2 N–H and O–H groups in total. The van der Waals surface area contributed by atoms with Crippen LogP contribution in [-0.2, 0) is 11.4 Å². The van der Waals surface area contributed by atoms with Crippen LogP contribution in [0.3, 0.4) is 0 Å². The second-order valence-electron chi connectivity index (χ2n) is 5.57. The van der Waals surface area contributed by atoms with Gasteiger partial charge in [-0.2, -0.15) is 0 Å². The lowest BCUT2D eigenvalue weighted by molar-refractivity contribution is -0.139. The summed E-state index contributed by atoms with van der Waals surface area (Å²) in [7, 11) is 0. The number of aliphatic carboxylic acids is 1. The molecule has 0 amide bonds. The normalized spacial score (nSPS) is 10.5. The van der Waals surface area contributed by atoms with Crippen LogP contribution in [0, 0.1) is 0 Å². The zero-order valence-electron chi connectivity index (χ0n) is 13.7. The molecule has 0 atom stereocenters. The number of carboxylic acids is 2. The number of aromatic carboxylic acids is 1. The fourth-order valence-electron chi connectivity index (χ4n) is 2.61. The van der Waals surface area contributed by atoms with Gasteiger partial charge in [-0.3, -0.25) is 0 Å². The summed E-state index contributed by atoms with van der Waals surface area (Å²) >= 11 is 0. The Hall–Kier alpha value is -3.54. The van der Waals surface area contributed by atoms with Gasteiger partial charge in [0.25, 0.3) is 0 Å². The molecule has 0 bridgehead atoms. The molecule has 0 saturated carbocycles. The molecule has 6 nitrogen and oxygen atoms in total. The maximum absolute atomic E-state index is 11.4. The highest BCUT2D eigenvalue weighted by Crippen LogP contribution is 2.27. The predicted molar refractivity (Wildman–Crippen MR) is 94.8 cm³/mol. The maximum Gasteiger partial charge on any atom is 0.341 e. The molecule has 0 aliphatic carbocycles. The summed E-state index contributed by atoms with van der Waals surface area (Å²) in [5.74, 6) is -1.91. The van der Waals surface area contributed by atoms with Gasteiger partial charge in [0.15, 0.2) is 6.61 Å². The van der Waals surface area contributed by atoms with E-state index in [-0.39, 0.29) is 23.7 Å². The van der Waals surface area contributed by atoms with Crippen LogP contribution in [0.1, 0.15) is 15.9 Å². The van der Waals surface area contributed by atoms with Crippen molar-refractivity contribution in [2.45, 2.75) is 6.61 Å². The van der Waals surface area contributed by atoms with E-state index < -0.39 is 18.5 Å². The van der Waals surface area contributed by atoms with Gasteiger partial charge < -0.3 is 19.7 Å². The Bertz CT molecular complexity index is 958. The monoisotopic (exact) mass is 352 g/mol. The molecule has 0 spiro atoms. The first-order chi connectivity index (χ1) is 12.5. The quantitative estimate of drug-likeness (QED) is 0.675. The second-order valence-corrected chi connectivity index (χ2v) is 5.57. The zero-order valence-corrected chi connectivity index (χ0v) is 13.7. The molecule has 0 fully saturated rings. The van der Waals surface area contributed by atoms with E-state index in [1.165, 1.54) is 18.2 Å². The van der Waals surface area contributed by atoms with Crippen LogP contribution in [0.4, 0.5) is 0 Å². The maximum atomic E-state index is 11.4. The lowest BCUT2D eigenvalue weighted by Crippen LogP contribution is -2.10. The van der Waals surface area contributed by atoms with E-state index in [4.69, 9.17) is 14.6 Å². The Labute approximate surface area is 149 Å². The Morgan fingerprint density at radius 2 is 1.65 bits per heavy atom. The summed E-state index contributed by atoms with van der Waals surface area (Å²) < 4.78 is 10.8. The molecule has 0 saturated heterocycles. The van der Waals surface area contributed by atoms with Gasteiger partial charge in [-0.15, -0.1) is 0 Å². The molecule has 0 unspecified atom stereocenters. The first kappa shape index (κ1) is 17.3. The van der Waals surface area contributed by atoms with Crippen molar-refractivity contribution in [2.75, 3.05) is 6.61 Å². The topological polar surface area (TPSA) is 93.1 Å². The molecule has 0 radical (unpaired) electrons. The van der Waals surface area contributed by atoms with Crippen molar-refractivity contribution >= 4 is 22.7 Å². The van der Waals surface area contributed by atoms with Gasteiger partial charge in [0.05, 0.1) is 0 Å². The Morgan fingerprint density at radius 3 is 2.42 bits per heavy atom. The minimum absolute atomic E-state index is 0.0205. The molecule has 3 rings (SSSR count). The van der Waals surface area contributed by atoms with Gasteiger partial charge in [0, 0.05) is 6.07 Å². The second kappa shape index (κ2) is 7.57. The molecule has 0 heterocycles. The van der Waals surface area contributed by atoms with Crippen LogP contribution in [0.25, 0.3) is 10.8 Å². The Balaban J connectivity index is 1.86. The number of carboxylic acid groups (broad SMARTS) is 2. The number of hydrogen-bond donors (Lipinski definition) is 2. The smallest absolute Gasteiger partial charge is 0.341 e. The zero-order chi connectivity index (χ0) is 18.5. The summed E-state index contributed by atoms with van der Waals surface area (Å²) in [4.78, 5) is 22.0. The number of benzene rings is 3. The van der Waals surface area contributed by atoms with E-state index >= 15 is 0 Å². The van der Waals surface area contributed by atoms with Crippen molar-refractivity contribution in [3.63, 3.8) is 0 Å². The molecule has 3 aromatic rings. The fraction of sp³-hybridized carbons (Fsp3) is 0.100. The highest BCUT2D eigenvalue weighted by atomic mass is 16.5. The van der Waals surface area contributed by atoms with Crippen molar-refractivity contribution in [2.24, 2.45) is 0 Å². The molecular weight excluding hydrogens is 336 g/mol. The fourth-order valence-corrected chi connectivity index (χ4v) is 2.61. The number of carbonyl (C=O) groups is 2. The number of hydrogen-bond acceptors (Lipinski definition) is 4. The van der Waals surface area contributed by atoms with Gasteiger partial charge in [-0.25, -0.2) is 9.59 Å². The van der Waals surface area contributed by atoms with E-state index in [2.05, 4.69) is 0 Å². The first-order valence-corrected chi connectivity index (χ1v) is 7.86. The van der Waals surface area contributed by atoms with Gasteiger partial charge >= 0.3 is 11.9 Å². The lowest BCUT2D eigenvalue weighted by Gasteiger charge is -2.13. The molecule has 26 heavy (non-hydrogen) atoms. The minimum Gasteiger partial charge on any atom is -0.488 e. The summed E-state index contributed by atoms with van der Waals surface area (Å²) in [5, 5.41) is 20.1. The molecule has 132 valence electrons. The number of fused-ring (bicyclic) bond motifs is 1. The standard InChI is InChI=1S/C20H16O6/c21-19(22)12-25-15-8-9-17(20(23)24)18(10-15)26-11-14-6-3-5-13-4-1-2-7-16(13)14/h1-10H,11-12H2,(H,21,22)(H,23,24). The summed E-state index contributed by atoms with van der Waals surface area (Å²) in [6.07, 6.45) is 0. The van der Waals surface area contributed by atoms with Crippen molar-refractivity contribution < 1.29 is 29.3 Å². The average Bonchev–Trinajstić information content (AvgIpc) is 2.64. The molecular formula is C20H16O6. The van der Waals surface area contributed by atoms with Crippen LogP contribution in [0.2, 0.25) is 0 Å². The van der Waals surface area contributed by atoms with Crippen molar-refractivity contribution in [3.8, 4) is 11.5 Å². The summed E-state index contributed by atoms with van der Waals surface area (Å²) in [5.41, 5.74) is 0.893. The largest absolute Gasteiger partial charge is 0.488 e. The summed E-state index contributed by atoms with van der Waals surface area (Å²) in [6, 6.07) is 17.8. The van der Waals surface area contributed by atoms with E-state index in [1.54, 1.807) is 0 Å². The Morgan fingerprint density at radius 1 is 0.885 bits per heavy atom. The highest BCUT2D eigenvalue weighted by molar-refractivity contribution is 5.91. The third-order valence-electron chi connectivity index (χ3n) is 3.81. The van der Waals surface area contributed by atoms with E-state index in [0.717, 1.165) is 16.3 Å². The van der Waals surface area contributed by atoms with E-state index in [9.17, 15) is 14.7 Å². The third-order valence-corrected chi connectivity index (χ3v) is 3.81. The molecule has 6 heteroatoms. The van der Waals surface area contributed by atoms with E-state index in [1.807, 2.05) is 42.5 Å². The van der Waals surface area contributed by atoms with Gasteiger partial charge in [0.1, 0.15) is 23.7 Å². The lowest BCUT2D eigenvalue weighted by atomic mass is 10.1. The molecule has 0 aliphatic rings. The number of rotatable bonds is 7. The van der Waals surface area contributed by atoms with Crippen LogP contribution in [0.5, 0.6) is 11.5 Å². The molecule has 0 aromatic heterocycles.